The SMILES string of the molecule is CC(=Cc1c(C)cccc1C)C(=O)O. The molecule has 0 unspecified atom stereocenters. The van der Waals surface area contributed by atoms with Crippen LogP contribution in [-0.2, 0) is 4.79 Å². The standard InChI is InChI=1S/C12H14O2/c1-8-5-4-6-9(2)11(8)7-10(3)12(13)14/h4-7H,1-3H3,(H,13,14). The molecule has 1 N–H and O–H groups in total. The van der Waals surface area contributed by atoms with Gasteiger partial charge in [0.1, 0.15) is 0 Å². The predicted octanol–water partition coefficient (Wildman–Crippen LogP) is 2.79. The largest absolute Gasteiger partial charge is 0.478 e. The number of carbonyl (C=O) groups is 1. The highest BCUT2D eigenvalue weighted by molar-refractivity contribution is 5.91. The van der Waals surface area contributed by atoms with Crippen LogP contribution in [0.5, 0.6) is 0 Å². The fourth-order valence-corrected chi connectivity index (χ4v) is 1.33. The molecule has 1 aromatic rings. The Kier molecular flexibility index (Phi) is 3.07. The maximum atomic E-state index is 10.7. The summed E-state index contributed by atoms with van der Waals surface area (Å²) in [5.41, 5.74) is 3.58. The summed E-state index contributed by atoms with van der Waals surface area (Å²) in [5.74, 6) is -0.868. The van der Waals surface area contributed by atoms with Crippen LogP contribution in [0.4, 0.5) is 0 Å². The van der Waals surface area contributed by atoms with Gasteiger partial charge in [-0.25, -0.2) is 4.79 Å². The Morgan fingerprint density at radius 1 is 1.29 bits per heavy atom. The Hall–Kier alpha value is -1.57. The smallest absolute Gasteiger partial charge is 0.331 e. The van der Waals surface area contributed by atoms with E-state index in [1.54, 1.807) is 13.0 Å². The highest BCUT2D eigenvalue weighted by atomic mass is 16.4. The molecule has 0 radical (unpaired) electrons. The van der Waals surface area contributed by atoms with Gasteiger partial charge in [-0.05, 0) is 43.5 Å². The Morgan fingerprint density at radius 2 is 1.79 bits per heavy atom. The van der Waals surface area contributed by atoms with Crippen LogP contribution in [0.3, 0.4) is 0 Å². The fourth-order valence-electron chi connectivity index (χ4n) is 1.33. The minimum absolute atomic E-state index is 0.363. The highest BCUT2D eigenvalue weighted by Crippen LogP contribution is 2.16. The molecule has 2 heteroatoms. The summed E-state index contributed by atoms with van der Waals surface area (Å²) in [5, 5.41) is 8.76. The summed E-state index contributed by atoms with van der Waals surface area (Å²) in [6.45, 7) is 5.57. The number of carboxylic acids is 1. The molecule has 0 aliphatic heterocycles. The van der Waals surface area contributed by atoms with E-state index < -0.39 is 5.97 Å². The number of aryl methyl sites for hydroxylation is 2. The van der Waals surface area contributed by atoms with Gasteiger partial charge in [0, 0.05) is 5.57 Å². The minimum atomic E-state index is -0.868. The van der Waals surface area contributed by atoms with Gasteiger partial charge in [0.2, 0.25) is 0 Å². The summed E-state index contributed by atoms with van der Waals surface area (Å²) in [7, 11) is 0. The molecule has 0 aliphatic rings. The lowest BCUT2D eigenvalue weighted by Crippen LogP contribution is -1.96. The Morgan fingerprint density at radius 3 is 2.21 bits per heavy atom. The molecule has 74 valence electrons. The van der Waals surface area contributed by atoms with Crippen molar-refractivity contribution in [1.29, 1.82) is 0 Å². The number of hydrogen-bond acceptors (Lipinski definition) is 1. The number of aliphatic carboxylic acids is 1. The molecular formula is C12H14O2. The zero-order chi connectivity index (χ0) is 10.7. The number of hydrogen-bond donors (Lipinski definition) is 1. The van der Waals surface area contributed by atoms with Crippen molar-refractivity contribution in [2.75, 3.05) is 0 Å². The first-order chi connectivity index (χ1) is 6.52. The van der Waals surface area contributed by atoms with Gasteiger partial charge in [-0.3, -0.25) is 0 Å². The lowest BCUT2D eigenvalue weighted by atomic mass is 10.0. The molecule has 0 fully saturated rings. The Bertz CT molecular complexity index is 369. The van der Waals surface area contributed by atoms with Crippen molar-refractivity contribution >= 4 is 12.0 Å². The molecule has 1 rings (SSSR count). The monoisotopic (exact) mass is 190 g/mol. The van der Waals surface area contributed by atoms with E-state index in [1.807, 2.05) is 32.0 Å². The van der Waals surface area contributed by atoms with Crippen molar-refractivity contribution in [2.45, 2.75) is 20.8 Å². The third-order valence-electron chi connectivity index (χ3n) is 2.24. The quantitative estimate of drug-likeness (QED) is 0.728. The van der Waals surface area contributed by atoms with Gasteiger partial charge in [-0.2, -0.15) is 0 Å². The van der Waals surface area contributed by atoms with Crippen molar-refractivity contribution in [1.82, 2.24) is 0 Å². The van der Waals surface area contributed by atoms with Crippen LogP contribution in [0.1, 0.15) is 23.6 Å². The molecule has 0 amide bonds. The molecule has 0 saturated carbocycles. The topological polar surface area (TPSA) is 37.3 Å². The van der Waals surface area contributed by atoms with E-state index in [-0.39, 0.29) is 0 Å². The van der Waals surface area contributed by atoms with Crippen molar-refractivity contribution in [2.24, 2.45) is 0 Å². The van der Waals surface area contributed by atoms with Crippen molar-refractivity contribution in [3.8, 4) is 0 Å². The van der Waals surface area contributed by atoms with Crippen LogP contribution in [-0.4, -0.2) is 11.1 Å². The zero-order valence-corrected chi connectivity index (χ0v) is 8.66. The van der Waals surface area contributed by atoms with Crippen molar-refractivity contribution in [3.63, 3.8) is 0 Å². The van der Waals surface area contributed by atoms with Gasteiger partial charge in [0.05, 0.1) is 0 Å². The van der Waals surface area contributed by atoms with Crippen LogP contribution in [0.2, 0.25) is 0 Å². The highest BCUT2D eigenvalue weighted by Gasteiger charge is 2.03. The molecule has 0 aromatic heterocycles. The van der Waals surface area contributed by atoms with Crippen molar-refractivity contribution < 1.29 is 9.90 Å². The van der Waals surface area contributed by atoms with E-state index in [2.05, 4.69) is 0 Å². The van der Waals surface area contributed by atoms with Crippen LogP contribution in [0, 0.1) is 13.8 Å². The third-order valence-corrected chi connectivity index (χ3v) is 2.24. The van der Waals surface area contributed by atoms with Gasteiger partial charge in [0.25, 0.3) is 0 Å². The first-order valence-electron chi connectivity index (χ1n) is 4.50. The lowest BCUT2D eigenvalue weighted by Gasteiger charge is -2.05. The number of benzene rings is 1. The van der Waals surface area contributed by atoms with Gasteiger partial charge in [-0.1, -0.05) is 18.2 Å². The van der Waals surface area contributed by atoms with E-state index in [0.29, 0.717) is 5.57 Å². The van der Waals surface area contributed by atoms with Crippen LogP contribution < -0.4 is 0 Å². The summed E-state index contributed by atoms with van der Waals surface area (Å²) in [6, 6.07) is 5.93. The number of rotatable bonds is 2. The van der Waals surface area contributed by atoms with E-state index in [0.717, 1.165) is 16.7 Å². The van der Waals surface area contributed by atoms with Crippen LogP contribution in [0.15, 0.2) is 23.8 Å². The third kappa shape index (κ3) is 2.22. The van der Waals surface area contributed by atoms with E-state index in [4.69, 9.17) is 5.11 Å². The maximum Gasteiger partial charge on any atom is 0.331 e. The van der Waals surface area contributed by atoms with Crippen LogP contribution in [0.25, 0.3) is 6.08 Å². The summed E-state index contributed by atoms with van der Waals surface area (Å²) < 4.78 is 0. The summed E-state index contributed by atoms with van der Waals surface area (Å²) >= 11 is 0. The molecule has 0 heterocycles. The van der Waals surface area contributed by atoms with E-state index in [1.165, 1.54) is 0 Å². The molecule has 0 spiro atoms. The maximum absolute atomic E-state index is 10.7. The Labute approximate surface area is 83.9 Å². The molecule has 0 bridgehead atoms. The fraction of sp³-hybridized carbons (Fsp3) is 0.250. The predicted molar refractivity (Wildman–Crippen MR) is 57.2 cm³/mol. The van der Waals surface area contributed by atoms with Crippen LogP contribution >= 0.6 is 0 Å². The summed E-state index contributed by atoms with van der Waals surface area (Å²) in [4.78, 5) is 10.7. The van der Waals surface area contributed by atoms with E-state index in [9.17, 15) is 4.79 Å². The molecule has 0 aliphatic carbocycles. The van der Waals surface area contributed by atoms with Gasteiger partial charge < -0.3 is 5.11 Å². The molecule has 2 nitrogen and oxygen atoms in total. The molecule has 0 atom stereocenters. The molecule has 0 saturated heterocycles. The molecule has 1 aromatic carbocycles. The number of carboxylic acid groups (broad SMARTS) is 1. The summed E-state index contributed by atoms with van der Waals surface area (Å²) in [6.07, 6.45) is 1.72. The second-order valence-corrected chi connectivity index (χ2v) is 3.44. The minimum Gasteiger partial charge on any atom is -0.478 e. The second kappa shape index (κ2) is 4.09. The average molecular weight is 190 g/mol. The molecular weight excluding hydrogens is 176 g/mol. The van der Waals surface area contributed by atoms with Crippen molar-refractivity contribution in [3.05, 3.63) is 40.5 Å². The Balaban J connectivity index is 3.20. The lowest BCUT2D eigenvalue weighted by molar-refractivity contribution is -0.132. The first-order valence-corrected chi connectivity index (χ1v) is 4.50. The first kappa shape index (κ1) is 10.5. The van der Waals surface area contributed by atoms with Gasteiger partial charge in [0.15, 0.2) is 0 Å². The normalized spacial score (nSPS) is 11.5. The van der Waals surface area contributed by atoms with Gasteiger partial charge >= 0.3 is 5.97 Å². The van der Waals surface area contributed by atoms with Gasteiger partial charge in [-0.15, -0.1) is 0 Å². The molecule has 14 heavy (non-hydrogen) atoms. The average Bonchev–Trinajstić information content (AvgIpc) is 2.11. The zero-order valence-electron chi connectivity index (χ0n) is 8.66. The second-order valence-electron chi connectivity index (χ2n) is 3.44. The van der Waals surface area contributed by atoms with E-state index >= 15 is 0 Å².